The van der Waals surface area contributed by atoms with Crippen LogP contribution in [0, 0.1) is 0 Å². The second-order valence-electron chi connectivity index (χ2n) is 2.02. The predicted octanol–water partition coefficient (Wildman–Crippen LogP) is 0.596. The summed E-state index contributed by atoms with van der Waals surface area (Å²) in [5.41, 5.74) is 0. The number of alkyl carbamates (subject to hydrolysis) is 2. The van der Waals surface area contributed by atoms with Gasteiger partial charge in [-0.15, -0.1) is 0 Å². The average Bonchev–Trinajstić information content (AvgIpc) is 2.03. The number of hydrogen-bond acceptors (Lipinski definition) is 5. The van der Waals surface area contributed by atoms with Gasteiger partial charge in [-0.2, -0.15) is 0 Å². The van der Waals surface area contributed by atoms with E-state index in [1.165, 1.54) is 0 Å². The van der Waals surface area contributed by atoms with E-state index in [0.29, 0.717) is 0 Å². The molecule has 4 amide bonds. The van der Waals surface area contributed by atoms with Crippen molar-refractivity contribution >= 4 is 18.2 Å². The van der Waals surface area contributed by atoms with Crippen molar-refractivity contribution < 1.29 is 40.6 Å². The SMILES string of the molecule is CCOC(=O)NC(=O)NC(=O)OCC.[Co]. The zero-order valence-corrected chi connectivity index (χ0v) is 9.33. The van der Waals surface area contributed by atoms with Gasteiger partial charge in [0.25, 0.3) is 0 Å². The first kappa shape index (κ1) is 16.2. The van der Waals surface area contributed by atoms with Crippen molar-refractivity contribution in [2.75, 3.05) is 13.2 Å². The van der Waals surface area contributed by atoms with Crippen LogP contribution in [0.4, 0.5) is 14.4 Å². The van der Waals surface area contributed by atoms with E-state index in [1.54, 1.807) is 24.5 Å². The van der Waals surface area contributed by atoms with Crippen molar-refractivity contribution in [2.24, 2.45) is 0 Å². The number of carbonyl (C=O) groups excluding carboxylic acids is 3. The van der Waals surface area contributed by atoms with Gasteiger partial charge in [0.15, 0.2) is 0 Å². The van der Waals surface area contributed by atoms with Gasteiger partial charge < -0.3 is 9.47 Å². The molecule has 0 fully saturated rings. The van der Waals surface area contributed by atoms with E-state index in [2.05, 4.69) is 9.47 Å². The molecule has 0 aromatic carbocycles. The topological polar surface area (TPSA) is 93.7 Å². The van der Waals surface area contributed by atoms with Gasteiger partial charge in [-0.25, -0.2) is 25.0 Å². The van der Waals surface area contributed by atoms with Crippen LogP contribution in [0.2, 0.25) is 0 Å². The quantitative estimate of drug-likeness (QED) is 0.760. The van der Waals surface area contributed by atoms with Crippen molar-refractivity contribution in [3.05, 3.63) is 0 Å². The third-order valence-electron chi connectivity index (χ3n) is 0.982. The van der Waals surface area contributed by atoms with Crippen LogP contribution in [0.5, 0.6) is 0 Å². The number of urea groups is 1. The summed E-state index contributed by atoms with van der Waals surface area (Å²) in [6, 6.07) is -0.984. The molecule has 0 aromatic rings. The van der Waals surface area contributed by atoms with Gasteiger partial charge in [0.2, 0.25) is 0 Å². The number of hydrogen-bond donors (Lipinski definition) is 2. The normalized spacial score (nSPS) is 8.13. The number of imide groups is 2. The van der Waals surface area contributed by atoms with Gasteiger partial charge in [-0.05, 0) is 13.8 Å². The third-order valence-corrected chi connectivity index (χ3v) is 0.982. The number of carbonyl (C=O) groups is 3. The average molecular weight is 263 g/mol. The molecule has 0 aliphatic carbocycles. The minimum atomic E-state index is -0.984. The molecular formula is C7H12CoN2O5. The molecule has 7 nitrogen and oxygen atoms in total. The van der Waals surface area contributed by atoms with Gasteiger partial charge in [-0.1, -0.05) is 0 Å². The van der Waals surface area contributed by atoms with Crippen LogP contribution in [0.25, 0.3) is 0 Å². The Bertz CT molecular complexity index is 211. The van der Waals surface area contributed by atoms with E-state index < -0.39 is 18.2 Å². The molecule has 0 rings (SSSR count). The first-order chi connectivity index (χ1) is 6.60. The maximum atomic E-state index is 10.8. The van der Waals surface area contributed by atoms with Gasteiger partial charge in [0, 0.05) is 16.8 Å². The van der Waals surface area contributed by atoms with E-state index in [4.69, 9.17) is 0 Å². The van der Waals surface area contributed by atoms with Crippen molar-refractivity contribution in [1.29, 1.82) is 0 Å². The molecule has 0 bridgehead atoms. The van der Waals surface area contributed by atoms with Crippen molar-refractivity contribution in [1.82, 2.24) is 10.6 Å². The Morgan fingerprint density at radius 1 is 0.933 bits per heavy atom. The molecule has 2 N–H and O–H groups in total. The van der Waals surface area contributed by atoms with Crippen LogP contribution in [0.3, 0.4) is 0 Å². The molecule has 89 valence electrons. The zero-order valence-electron chi connectivity index (χ0n) is 8.29. The van der Waals surface area contributed by atoms with Crippen LogP contribution in [0.1, 0.15) is 13.8 Å². The second kappa shape index (κ2) is 9.28. The van der Waals surface area contributed by atoms with Crippen LogP contribution in [-0.2, 0) is 26.3 Å². The summed E-state index contributed by atoms with van der Waals surface area (Å²) in [6.07, 6.45) is -1.84. The molecule has 0 atom stereocenters. The second-order valence-corrected chi connectivity index (χ2v) is 2.02. The Morgan fingerprint density at radius 2 is 1.27 bits per heavy atom. The van der Waals surface area contributed by atoms with Gasteiger partial charge in [0.05, 0.1) is 13.2 Å². The number of amides is 4. The Labute approximate surface area is 97.1 Å². The van der Waals surface area contributed by atoms with Gasteiger partial charge in [0.1, 0.15) is 0 Å². The monoisotopic (exact) mass is 263 g/mol. The molecule has 1 radical (unpaired) electrons. The summed E-state index contributed by atoms with van der Waals surface area (Å²) in [7, 11) is 0. The minimum Gasteiger partial charge on any atom is -0.450 e. The van der Waals surface area contributed by atoms with E-state index in [-0.39, 0.29) is 30.0 Å². The third kappa shape index (κ3) is 9.03. The fourth-order valence-electron chi connectivity index (χ4n) is 0.551. The predicted molar refractivity (Wildman–Crippen MR) is 45.7 cm³/mol. The van der Waals surface area contributed by atoms with E-state index in [0.717, 1.165) is 0 Å². The van der Waals surface area contributed by atoms with Crippen molar-refractivity contribution in [3.8, 4) is 0 Å². The number of rotatable bonds is 2. The Hall–Kier alpha value is -1.28. The molecule has 8 heteroatoms. The first-order valence-electron chi connectivity index (χ1n) is 4.01. The molecule has 0 heterocycles. The maximum Gasteiger partial charge on any atom is 0.415 e. The molecule has 0 spiro atoms. The maximum absolute atomic E-state index is 10.8. The van der Waals surface area contributed by atoms with Crippen LogP contribution >= 0.6 is 0 Å². The molecule has 0 saturated heterocycles. The Morgan fingerprint density at radius 3 is 1.53 bits per heavy atom. The largest absolute Gasteiger partial charge is 0.450 e. The minimum absolute atomic E-state index is 0. The van der Waals surface area contributed by atoms with Crippen LogP contribution in [-0.4, -0.2) is 31.4 Å². The molecule has 0 unspecified atom stereocenters. The van der Waals surface area contributed by atoms with Crippen LogP contribution < -0.4 is 10.6 Å². The molecular weight excluding hydrogens is 251 g/mol. The van der Waals surface area contributed by atoms with Gasteiger partial charge >= 0.3 is 18.2 Å². The summed E-state index contributed by atoms with van der Waals surface area (Å²) in [5.74, 6) is 0. The van der Waals surface area contributed by atoms with Gasteiger partial charge in [-0.3, -0.25) is 0 Å². The molecule has 0 aliphatic rings. The van der Waals surface area contributed by atoms with E-state index in [1.807, 2.05) is 0 Å². The Balaban J connectivity index is 0. The smallest absolute Gasteiger partial charge is 0.415 e. The molecule has 0 aliphatic heterocycles. The Kier molecular flexibility index (Phi) is 9.99. The number of ether oxygens (including phenoxy) is 2. The van der Waals surface area contributed by atoms with Crippen molar-refractivity contribution in [3.63, 3.8) is 0 Å². The fourth-order valence-corrected chi connectivity index (χ4v) is 0.551. The van der Waals surface area contributed by atoms with Crippen molar-refractivity contribution in [2.45, 2.75) is 13.8 Å². The summed E-state index contributed by atoms with van der Waals surface area (Å²) in [6.45, 7) is 3.45. The summed E-state index contributed by atoms with van der Waals surface area (Å²) >= 11 is 0. The molecule has 0 aromatic heterocycles. The zero-order chi connectivity index (χ0) is 11.0. The summed E-state index contributed by atoms with van der Waals surface area (Å²) in [4.78, 5) is 32.1. The van der Waals surface area contributed by atoms with E-state index >= 15 is 0 Å². The van der Waals surface area contributed by atoms with E-state index in [9.17, 15) is 14.4 Å². The summed E-state index contributed by atoms with van der Waals surface area (Å²) < 4.78 is 8.78. The standard InChI is InChI=1S/C7H12N2O5.Co/c1-3-13-6(11)8-5(10)9-7(12)14-4-2;/h3-4H2,1-2H3,(H2,8,9,10,11,12);. The molecule has 15 heavy (non-hydrogen) atoms. The van der Waals surface area contributed by atoms with Crippen LogP contribution in [0.15, 0.2) is 0 Å². The fraction of sp³-hybridized carbons (Fsp3) is 0.571. The molecule has 0 saturated carbocycles. The summed E-state index contributed by atoms with van der Waals surface area (Å²) in [5, 5.41) is 3.52. The first-order valence-corrected chi connectivity index (χ1v) is 4.01. The number of nitrogens with one attached hydrogen (secondary N) is 2.